The van der Waals surface area contributed by atoms with Crippen LogP contribution in [0.2, 0.25) is 0 Å². The van der Waals surface area contributed by atoms with E-state index in [1.807, 2.05) is 54.6 Å². The number of amides is 1. The van der Waals surface area contributed by atoms with E-state index in [2.05, 4.69) is 16.7 Å². The maximum absolute atomic E-state index is 12.0. The van der Waals surface area contributed by atoms with Crippen molar-refractivity contribution >= 4 is 29.0 Å². The van der Waals surface area contributed by atoms with Crippen molar-refractivity contribution in [2.45, 2.75) is 13.1 Å². The molecule has 3 rings (SSSR count). The van der Waals surface area contributed by atoms with Gasteiger partial charge >= 0.3 is 0 Å². The first-order valence-electron chi connectivity index (χ1n) is 9.09. The van der Waals surface area contributed by atoms with Crippen molar-refractivity contribution in [1.29, 1.82) is 0 Å². The second kappa shape index (κ2) is 9.39. The van der Waals surface area contributed by atoms with Crippen molar-refractivity contribution < 1.29 is 4.79 Å². The van der Waals surface area contributed by atoms with Crippen LogP contribution < -0.4 is 22.1 Å². The summed E-state index contributed by atoms with van der Waals surface area (Å²) in [5.41, 5.74) is 16.9. The minimum Gasteiger partial charge on any atom is -0.397 e. The summed E-state index contributed by atoms with van der Waals surface area (Å²) in [5, 5.41) is 6.16. The third-order valence-electron chi connectivity index (χ3n) is 4.28. The highest BCUT2D eigenvalue weighted by molar-refractivity contribution is 6.03. The Morgan fingerprint density at radius 1 is 0.929 bits per heavy atom. The molecular formula is C23H24N4O. The van der Waals surface area contributed by atoms with Gasteiger partial charge in [-0.15, -0.1) is 0 Å². The van der Waals surface area contributed by atoms with Crippen molar-refractivity contribution in [3.63, 3.8) is 0 Å². The van der Waals surface area contributed by atoms with Crippen molar-refractivity contribution in [1.82, 2.24) is 0 Å². The van der Waals surface area contributed by atoms with E-state index in [9.17, 15) is 4.79 Å². The van der Waals surface area contributed by atoms with Gasteiger partial charge in [0.1, 0.15) is 0 Å². The van der Waals surface area contributed by atoms with Gasteiger partial charge < -0.3 is 22.1 Å². The average Bonchev–Trinajstić information content (AvgIpc) is 2.73. The Bertz CT molecular complexity index is 964. The first-order valence-corrected chi connectivity index (χ1v) is 9.09. The third-order valence-corrected chi connectivity index (χ3v) is 4.28. The number of nitrogen functional groups attached to an aromatic ring is 1. The Morgan fingerprint density at radius 2 is 1.71 bits per heavy atom. The van der Waals surface area contributed by atoms with Gasteiger partial charge in [-0.1, -0.05) is 48.5 Å². The molecule has 0 aliphatic heterocycles. The highest BCUT2D eigenvalue weighted by Gasteiger charge is 2.01. The fourth-order valence-electron chi connectivity index (χ4n) is 2.72. The number of carbonyl (C=O) groups excluding carboxylic acids is 1. The second-order valence-corrected chi connectivity index (χ2v) is 6.41. The van der Waals surface area contributed by atoms with Gasteiger partial charge in [0, 0.05) is 24.9 Å². The summed E-state index contributed by atoms with van der Waals surface area (Å²) in [6, 6.07) is 23.3. The molecule has 5 heteroatoms. The number of benzene rings is 3. The Labute approximate surface area is 165 Å². The Balaban J connectivity index is 1.54. The van der Waals surface area contributed by atoms with Crippen molar-refractivity contribution in [2.75, 3.05) is 16.4 Å². The molecule has 0 saturated heterocycles. The van der Waals surface area contributed by atoms with Crippen LogP contribution in [-0.2, 0) is 17.9 Å². The van der Waals surface area contributed by atoms with Crippen molar-refractivity contribution in [3.8, 4) is 0 Å². The number of nitrogens with one attached hydrogen (secondary N) is 2. The molecule has 0 aromatic heterocycles. The predicted molar refractivity (Wildman–Crippen MR) is 117 cm³/mol. The molecule has 0 bridgehead atoms. The maximum Gasteiger partial charge on any atom is 0.248 e. The molecule has 0 radical (unpaired) electrons. The number of rotatable bonds is 7. The molecule has 28 heavy (non-hydrogen) atoms. The van der Waals surface area contributed by atoms with E-state index >= 15 is 0 Å². The molecule has 0 atom stereocenters. The smallest absolute Gasteiger partial charge is 0.248 e. The van der Waals surface area contributed by atoms with Gasteiger partial charge in [0.15, 0.2) is 0 Å². The van der Waals surface area contributed by atoms with E-state index in [0.717, 1.165) is 22.4 Å². The number of anilines is 3. The number of hydrogen-bond donors (Lipinski definition) is 4. The number of para-hydroxylation sites is 2. The van der Waals surface area contributed by atoms with Gasteiger partial charge in [-0.05, 0) is 47.0 Å². The lowest BCUT2D eigenvalue weighted by atomic mass is 10.1. The quantitative estimate of drug-likeness (QED) is 0.373. The lowest BCUT2D eigenvalue weighted by Gasteiger charge is -2.08. The number of nitrogens with two attached hydrogens (primary N) is 2. The number of hydrogen-bond acceptors (Lipinski definition) is 4. The van der Waals surface area contributed by atoms with Crippen LogP contribution in [0.25, 0.3) is 6.08 Å². The monoisotopic (exact) mass is 372 g/mol. The molecule has 0 fully saturated rings. The van der Waals surface area contributed by atoms with Crippen LogP contribution in [-0.4, -0.2) is 5.91 Å². The summed E-state index contributed by atoms with van der Waals surface area (Å²) in [6.07, 6.45) is 3.27. The van der Waals surface area contributed by atoms with E-state index in [0.29, 0.717) is 24.5 Å². The van der Waals surface area contributed by atoms with Gasteiger partial charge in [-0.3, -0.25) is 4.79 Å². The maximum atomic E-state index is 12.0. The molecule has 0 aliphatic rings. The normalized spacial score (nSPS) is 10.8. The van der Waals surface area contributed by atoms with Crippen LogP contribution in [0, 0.1) is 0 Å². The molecule has 142 valence electrons. The molecule has 6 N–H and O–H groups in total. The molecule has 3 aromatic carbocycles. The van der Waals surface area contributed by atoms with Gasteiger partial charge in [-0.2, -0.15) is 0 Å². The van der Waals surface area contributed by atoms with E-state index in [1.165, 1.54) is 6.08 Å². The van der Waals surface area contributed by atoms with Crippen LogP contribution in [0.4, 0.5) is 17.1 Å². The van der Waals surface area contributed by atoms with Crippen molar-refractivity contribution in [2.24, 2.45) is 5.73 Å². The largest absolute Gasteiger partial charge is 0.397 e. The first-order chi connectivity index (χ1) is 13.6. The van der Waals surface area contributed by atoms with Gasteiger partial charge in [0.05, 0.1) is 11.4 Å². The third kappa shape index (κ3) is 5.46. The molecular weight excluding hydrogens is 348 g/mol. The molecule has 1 amide bonds. The highest BCUT2D eigenvalue weighted by atomic mass is 16.1. The zero-order valence-corrected chi connectivity index (χ0v) is 15.6. The average molecular weight is 372 g/mol. The van der Waals surface area contributed by atoms with Gasteiger partial charge in [-0.25, -0.2) is 0 Å². The molecule has 0 saturated carbocycles. The van der Waals surface area contributed by atoms with Crippen LogP contribution in [0.5, 0.6) is 0 Å². The second-order valence-electron chi connectivity index (χ2n) is 6.41. The summed E-state index contributed by atoms with van der Waals surface area (Å²) >= 11 is 0. The predicted octanol–water partition coefficient (Wildman–Crippen LogP) is 3.99. The highest BCUT2D eigenvalue weighted by Crippen LogP contribution is 2.17. The van der Waals surface area contributed by atoms with Crippen LogP contribution in [0.15, 0.2) is 78.9 Å². The van der Waals surface area contributed by atoms with E-state index < -0.39 is 0 Å². The zero-order chi connectivity index (χ0) is 19.8. The van der Waals surface area contributed by atoms with Crippen molar-refractivity contribution in [3.05, 3.63) is 95.6 Å². The molecule has 3 aromatic rings. The lowest BCUT2D eigenvalue weighted by molar-refractivity contribution is -0.111. The molecule has 0 spiro atoms. The van der Waals surface area contributed by atoms with Crippen LogP contribution in [0.3, 0.4) is 0 Å². The minimum atomic E-state index is -0.219. The minimum absolute atomic E-state index is 0.219. The van der Waals surface area contributed by atoms with E-state index in [1.54, 1.807) is 18.2 Å². The van der Waals surface area contributed by atoms with E-state index in [4.69, 9.17) is 11.5 Å². The molecule has 0 unspecified atom stereocenters. The van der Waals surface area contributed by atoms with E-state index in [-0.39, 0.29) is 5.91 Å². The topological polar surface area (TPSA) is 93.2 Å². The van der Waals surface area contributed by atoms with Gasteiger partial charge in [0.2, 0.25) is 5.91 Å². The Morgan fingerprint density at radius 3 is 2.46 bits per heavy atom. The van der Waals surface area contributed by atoms with Gasteiger partial charge in [0.25, 0.3) is 0 Å². The summed E-state index contributed by atoms with van der Waals surface area (Å²) in [5.74, 6) is -0.219. The summed E-state index contributed by atoms with van der Waals surface area (Å²) < 4.78 is 0. The van der Waals surface area contributed by atoms with Crippen LogP contribution in [0.1, 0.15) is 16.7 Å². The number of carbonyl (C=O) groups is 1. The summed E-state index contributed by atoms with van der Waals surface area (Å²) in [7, 11) is 0. The van der Waals surface area contributed by atoms with Crippen LogP contribution >= 0.6 is 0 Å². The molecule has 0 heterocycles. The standard InChI is InChI=1S/C23H24N4O/c24-15-19-4-3-5-20(14-19)26-16-18-10-8-17(9-11-18)12-13-23(28)27-22-7-2-1-6-21(22)25/h1-14,26H,15-16,24-25H2,(H,27,28)/b13-12+. The SMILES string of the molecule is NCc1cccc(NCc2ccc(/C=C/C(=O)Nc3ccccc3N)cc2)c1. The first kappa shape index (κ1) is 19.2. The summed E-state index contributed by atoms with van der Waals surface area (Å²) in [4.78, 5) is 12.0. The zero-order valence-electron chi connectivity index (χ0n) is 15.6. The Kier molecular flexibility index (Phi) is 6.44. The fourth-order valence-corrected chi connectivity index (χ4v) is 2.72. The summed E-state index contributed by atoms with van der Waals surface area (Å²) in [6.45, 7) is 1.24. The molecule has 0 aliphatic carbocycles. The lowest BCUT2D eigenvalue weighted by Crippen LogP contribution is -2.09. The Hall–Kier alpha value is -3.57. The fraction of sp³-hybridized carbons (Fsp3) is 0.0870. The molecule has 5 nitrogen and oxygen atoms in total.